The van der Waals surface area contributed by atoms with Gasteiger partial charge in [-0.2, -0.15) is 0 Å². The Labute approximate surface area is 79.9 Å². The zero-order valence-corrected chi connectivity index (χ0v) is 8.71. The third kappa shape index (κ3) is 5.60. The van der Waals surface area contributed by atoms with Crippen LogP contribution in [0.5, 0.6) is 0 Å². The highest BCUT2D eigenvalue weighted by atomic mass is 16.3. The van der Waals surface area contributed by atoms with Crippen molar-refractivity contribution in [2.45, 2.75) is 26.3 Å². The number of likely N-dealkylation sites (N-methyl/N-ethyl adjacent to an activating group) is 1. The molecule has 0 aromatic rings. The summed E-state index contributed by atoms with van der Waals surface area (Å²) in [4.78, 5) is 13.0. The predicted octanol–water partition coefficient (Wildman–Crippen LogP) is -0.175. The normalized spacial score (nSPS) is 10.5. The molecule has 0 saturated carbocycles. The van der Waals surface area contributed by atoms with Crippen LogP contribution in [-0.2, 0) is 4.79 Å². The van der Waals surface area contributed by atoms with Crippen LogP contribution in [0.15, 0.2) is 0 Å². The summed E-state index contributed by atoms with van der Waals surface area (Å²) in [7, 11) is 1.79. The summed E-state index contributed by atoms with van der Waals surface area (Å²) >= 11 is 0. The lowest BCUT2D eigenvalue weighted by atomic mass is 10.3. The molecule has 0 radical (unpaired) electrons. The molecule has 0 aromatic heterocycles. The first-order valence-corrected chi connectivity index (χ1v) is 4.66. The van der Waals surface area contributed by atoms with Crippen LogP contribution in [0.2, 0.25) is 0 Å². The molecule has 0 unspecified atom stereocenters. The number of aliphatic hydroxyl groups is 1. The molecule has 0 aliphatic rings. The molecule has 0 atom stereocenters. The molecule has 78 valence electrons. The highest BCUT2D eigenvalue weighted by molar-refractivity contribution is 5.78. The van der Waals surface area contributed by atoms with Crippen LogP contribution in [0, 0.1) is 0 Å². The number of carbonyl (C=O) groups is 1. The van der Waals surface area contributed by atoms with Crippen molar-refractivity contribution in [3.05, 3.63) is 0 Å². The summed E-state index contributed by atoms with van der Waals surface area (Å²) in [5.74, 6) is 0.0907. The molecule has 0 bridgehead atoms. The molecular formula is C9H20N2O2. The molecule has 0 saturated heterocycles. The van der Waals surface area contributed by atoms with Gasteiger partial charge in [0.15, 0.2) is 0 Å². The smallest absolute Gasteiger partial charge is 0.236 e. The number of aliphatic hydroxyl groups excluding tert-OH is 1. The fourth-order valence-corrected chi connectivity index (χ4v) is 0.812. The number of hydrogen-bond donors (Lipinski definition) is 2. The fourth-order valence-electron chi connectivity index (χ4n) is 0.812. The zero-order chi connectivity index (χ0) is 10.3. The summed E-state index contributed by atoms with van der Waals surface area (Å²) in [6.45, 7) is 5.17. The molecule has 0 heterocycles. The Bertz CT molecular complexity index is 149. The average molecular weight is 188 g/mol. The van der Waals surface area contributed by atoms with Crippen molar-refractivity contribution >= 4 is 5.91 Å². The maximum Gasteiger partial charge on any atom is 0.236 e. The van der Waals surface area contributed by atoms with Crippen LogP contribution in [-0.4, -0.2) is 48.7 Å². The molecule has 1 amide bonds. The third-order valence-electron chi connectivity index (χ3n) is 1.96. The fraction of sp³-hybridized carbons (Fsp3) is 0.889. The first-order valence-electron chi connectivity index (χ1n) is 4.66. The molecule has 0 spiro atoms. The Kier molecular flexibility index (Phi) is 6.54. The molecule has 0 rings (SSSR count). The van der Waals surface area contributed by atoms with Gasteiger partial charge in [-0.25, -0.2) is 0 Å². The van der Waals surface area contributed by atoms with E-state index in [-0.39, 0.29) is 18.6 Å². The summed E-state index contributed by atoms with van der Waals surface area (Å²) in [5.41, 5.74) is 0. The summed E-state index contributed by atoms with van der Waals surface area (Å²) in [6.07, 6.45) is 0.693. The maximum atomic E-state index is 11.3. The van der Waals surface area contributed by atoms with Gasteiger partial charge in [-0.05, 0) is 26.8 Å². The average Bonchev–Trinajstić information content (AvgIpc) is 2.10. The number of rotatable bonds is 6. The van der Waals surface area contributed by atoms with Gasteiger partial charge >= 0.3 is 0 Å². The lowest BCUT2D eigenvalue weighted by molar-refractivity contribution is -0.130. The van der Waals surface area contributed by atoms with Gasteiger partial charge in [0.25, 0.3) is 0 Å². The van der Waals surface area contributed by atoms with E-state index in [4.69, 9.17) is 5.11 Å². The number of carbonyl (C=O) groups excluding carboxylic acids is 1. The Balaban J connectivity index is 3.50. The van der Waals surface area contributed by atoms with Gasteiger partial charge in [-0.3, -0.25) is 4.79 Å². The van der Waals surface area contributed by atoms with E-state index in [2.05, 4.69) is 5.32 Å². The van der Waals surface area contributed by atoms with E-state index in [1.807, 2.05) is 13.8 Å². The number of nitrogens with one attached hydrogen (secondary N) is 1. The number of hydrogen-bond acceptors (Lipinski definition) is 3. The van der Waals surface area contributed by atoms with Crippen LogP contribution in [0.25, 0.3) is 0 Å². The van der Waals surface area contributed by atoms with E-state index in [9.17, 15) is 4.79 Å². The SMILES string of the molecule is CC(C)N(C)C(=O)CNCCCO. The Hall–Kier alpha value is -0.610. The molecule has 2 N–H and O–H groups in total. The highest BCUT2D eigenvalue weighted by Gasteiger charge is 2.10. The van der Waals surface area contributed by atoms with E-state index < -0.39 is 0 Å². The molecule has 0 aliphatic carbocycles. The second kappa shape index (κ2) is 6.86. The lowest BCUT2D eigenvalue weighted by Crippen LogP contribution is -2.39. The molecule has 4 nitrogen and oxygen atoms in total. The number of nitrogens with zero attached hydrogens (tertiary/aromatic N) is 1. The van der Waals surface area contributed by atoms with Crippen LogP contribution >= 0.6 is 0 Å². The van der Waals surface area contributed by atoms with Crippen molar-refractivity contribution in [2.24, 2.45) is 0 Å². The molecule has 0 aromatic carbocycles. The first kappa shape index (κ1) is 12.4. The summed E-state index contributed by atoms with van der Waals surface area (Å²) in [5, 5.41) is 11.5. The largest absolute Gasteiger partial charge is 0.396 e. The van der Waals surface area contributed by atoms with Crippen LogP contribution in [0.1, 0.15) is 20.3 Å². The Morgan fingerprint density at radius 3 is 2.62 bits per heavy atom. The topological polar surface area (TPSA) is 52.6 Å². The maximum absolute atomic E-state index is 11.3. The minimum absolute atomic E-state index is 0.0907. The second-order valence-electron chi connectivity index (χ2n) is 3.35. The van der Waals surface area contributed by atoms with Gasteiger partial charge in [0.1, 0.15) is 0 Å². The molecule has 0 aliphatic heterocycles. The van der Waals surface area contributed by atoms with Gasteiger partial charge in [0.05, 0.1) is 6.54 Å². The van der Waals surface area contributed by atoms with Crippen LogP contribution in [0.4, 0.5) is 0 Å². The second-order valence-corrected chi connectivity index (χ2v) is 3.35. The monoisotopic (exact) mass is 188 g/mol. The third-order valence-corrected chi connectivity index (χ3v) is 1.96. The standard InChI is InChI=1S/C9H20N2O2/c1-8(2)11(3)9(13)7-10-5-4-6-12/h8,10,12H,4-7H2,1-3H3. The highest BCUT2D eigenvalue weighted by Crippen LogP contribution is 1.92. The van der Waals surface area contributed by atoms with Crippen LogP contribution in [0.3, 0.4) is 0 Å². The molecular weight excluding hydrogens is 168 g/mol. The van der Waals surface area contributed by atoms with E-state index in [1.54, 1.807) is 11.9 Å². The Morgan fingerprint density at radius 2 is 2.15 bits per heavy atom. The zero-order valence-electron chi connectivity index (χ0n) is 8.71. The van der Waals surface area contributed by atoms with E-state index in [0.29, 0.717) is 19.5 Å². The molecule has 0 fully saturated rings. The van der Waals surface area contributed by atoms with Gasteiger partial charge < -0.3 is 15.3 Å². The molecule has 4 heteroatoms. The predicted molar refractivity (Wildman–Crippen MR) is 52.5 cm³/mol. The van der Waals surface area contributed by atoms with E-state index in [0.717, 1.165) is 0 Å². The van der Waals surface area contributed by atoms with Crippen molar-refractivity contribution in [3.8, 4) is 0 Å². The first-order chi connectivity index (χ1) is 6.09. The summed E-state index contributed by atoms with van der Waals surface area (Å²) < 4.78 is 0. The van der Waals surface area contributed by atoms with Crippen molar-refractivity contribution in [3.63, 3.8) is 0 Å². The van der Waals surface area contributed by atoms with Crippen molar-refractivity contribution < 1.29 is 9.90 Å². The van der Waals surface area contributed by atoms with Gasteiger partial charge in [0.2, 0.25) is 5.91 Å². The minimum atomic E-state index is 0.0907. The lowest BCUT2D eigenvalue weighted by Gasteiger charge is -2.21. The van der Waals surface area contributed by atoms with E-state index in [1.165, 1.54) is 0 Å². The van der Waals surface area contributed by atoms with Crippen molar-refractivity contribution in [2.75, 3.05) is 26.7 Å². The van der Waals surface area contributed by atoms with Gasteiger partial charge in [0, 0.05) is 19.7 Å². The van der Waals surface area contributed by atoms with Crippen LogP contribution < -0.4 is 5.32 Å². The summed E-state index contributed by atoms with van der Waals surface area (Å²) in [6, 6.07) is 0.243. The van der Waals surface area contributed by atoms with Crippen molar-refractivity contribution in [1.29, 1.82) is 0 Å². The minimum Gasteiger partial charge on any atom is -0.396 e. The van der Waals surface area contributed by atoms with E-state index >= 15 is 0 Å². The quantitative estimate of drug-likeness (QED) is 0.569. The van der Waals surface area contributed by atoms with Gasteiger partial charge in [-0.1, -0.05) is 0 Å². The van der Waals surface area contributed by atoms with Gasteiger partial charge in [-0.15, -0.1) is 0 Å². The Morgan fingerprint density at radius 1 is 1.54 bits per heavy atom. The molecule has 13 heavy (non-hydrogen) atoms. The van der Waals surface area contributed by atoms with Crippen molar-refractivity contribution in [1.82, 2.24) is 10.2 Å². The number of amides is 1.